The smallest absolute Gasteiger partial charge is 0.387 e. The van der Waals surface area contributed by atoms with Crippen molar-refractivity contribution in [3.8, 4) is 17.0 Å². The molecule has 0 fully saturated rings. The van der Waals surface area contributed by atoms with Crippen molar-refractivity contribution < 1.29 is 23.1 Å². The maximum Gasteiger partial charge on any atom is 0.387 e. The van der Waals surface area contributed by atoms with Crippen molar-refractivity contribution in [2.45, 2.75) is 6.61 Å². The number of hydrogen-bond donors (Lipinski definition) is 2. The number of ether oxygens (including phenoxy) is 1. The molecule has 0 saturated heterocycles. The van der Waals surface area contributed by atoms with Gasteiger partial charge in [0.2, 0.25) is 0 Å². The largest absolute Gasteiger partial charge is 0.435 e. The zero-order valence-electron chi connectivity index (χ0n) is 16.9. The molecule has 0 saturated carbocycles. The lowest BCUT2D eigenvalue weighted by Gasteiger charge is -2.10. The average Bonchev–Trinajstić information content (AvgIpc) is 3.31. The number of carbonyl (C=O) groups excluding carboxylic acids is 2. The van der Waals surface area contributed by atoms with Crippen LogP contribution in [-0.2, 0) is 0 Å². The second-order valence-corrected chi connectivity index (χ2v) is 7.35. The molecule has 1 aromatic heterocycles. The van der Waals surface area contributed by atoms with E-state index in [9.17, 15) is 18.4 Å². The summed E-state index contributed by atoms with van der Waals surface area (Å²) in [4.78, 5) is 25.7. The van der Waals surface area contributed by atoms with Gasteiger partial charge in [-0.25, -0.2) is 0 Å². The summed E-state index contributed by atoms with van der Waals surface area (Å²) in [6.45, 7) is -2.91. The van der Waals surface area contributed by atoms with Crippen LogP contribution in [0.15, 0.2) is 78.9 Å². The monoisotopic (exact) mass is 467 g/mol. The fourth-order valence-corrected chi connectivity index (χ4v) is 3.31. The molecule has 0 aliphatic rings. The van der Waals surface area contributed by atoms with Gasteiger partial charge in [0, 0.05) is 21.7 Å². The fourth-order valence-electron chi connectivity index (χ4n) is 3.14. The molecule has 0 aliphatic carbocycles. The number of benzene rings is 3. The third-order valence-corrected chi connectivity index (χ3v) is 4.94. The van der Waals surface area contributed by atoms with E-state index < -0.39 is 12.5 Å². The molecule has 0 radical (unpaired) electrons. The predicted octanol–water partition coefficient (Wildman–Crippen LogP) is 5.81. The number of aromatic nitrogens is 2. The van der Waals surface area contributed by atoms with E-state index in [2.05, 4.69) is 20.3 Å². The van der Waals surface area contributed by atoms with Gasteiger partial charge in [0.1, 0.15) is 11.4 Å². The van der Waals surface area contributed by atoms with Crippen molar-refractivity contribution >= 4 is 29.0 Å². The lowest BCUT2D eigenvalue weighted by Crippen LogP contribution is -2.15. The fraction of sp³-hybridized carbons (Fsp3) is 0.0417. The maximum atomic E-state index is 12.9. The first-order chi connectivity index (χ1) is 15.9. The Kier molecular flexibility index (Phi) is 6.46. The first-order valence-electron chi connectivity index (χ1n) is 9.72. The van der Waals surface area contributed by atoms with E-state index in [1.54, 1.807) is 54.6 Å². The molecule has 0 aliphatic heterocycles. The van der Waals surface area contributed by atoms with E-state index in [-0.39, 0.29) is 22.8 Å². The molecule has 9 heteroatoms. The topological polar surface area (TPSA) is 84.1 Å². The van der Waals surface area contributed by atoms with E-state index in [1.165, 1.54) is 24.3 Å². The summed E-state index contributed by atoms with van der Waals surface area (Å²) in [5, 5.41) is 9.80. The Bertz CT molecular complexity index is 1290. The maximum absolute atomic E-state index is 12.9. The number of hydrogen-bond acceptors (Lipinski definition) is 4. The van der Waals surface area contributed by atoms with E-state index in [0.717, 1.165) is 0 Å². The summed E-state index contributed by atoms with van der Waals surface area (Å²) in [6, 6.07) is 20.6. The number of aromatic amines is 1. The van der Waals surface area contributed by atoms with Crippen molar-refractivity contribution in [1.82, 2.24) is 10.2 Å². The summed E-state index contributed by atoms with van der Waals surface area (Å²) in [7, 11) is 0. The quantitative estimate of drug-likeness (QED) is 0.336. The number of alkyl halides is 2. The molecular formula is C24H16ClF2N3O3. The van der Waals surface area contributed by atoms with Crippen LogP contribution < -0.4 is 10.1 Å². The minimum atomic E-state index is -2.91. The highest BCUT2D eigenvalue weighted by molar-refractivity contribution is 6.31. The highest BCUT2D eigenvalue weighted by Gasteiger charge is 2.18. The molecule has 166 valence electrons. The first kappa shape index (κ1) is 22.2. The number of ketones is 1. The third kappa shape index (κ3) is 5.24. The number of rotatable bonds is 7. The molecule has 3 aromatic carbocycles. The number of anilines is 1. The first-order valence-corrected chi connectivity index (χ1v) is 10.1. The highest BCUT2D eigenvalue weighted by Crippen LogP contribution is 2.26. The molecule has 33 heavy (non-hydrogen) atoms. The van der Waals surface area contributed by atoms with E-state index in [0.29, 0.717) is 27.5 Å². The minimum absolute atomic E-state index is 0.0144. The Labute approximate surface area is 192 Å². The Morgan fingerprint density at radius 1 is 0.970 bits per heavy atom. The molecule has 0 unspecified atom stereocenters. The van der Waals surface area contributed by atoms with Crippen LogP contribution in [0.25, 0.3) is 11.3 Å². The number of halogens is 3. The van der Waals surface area contributed by atoms with Gasteiger partial charge in [0.05, 0.1) is 11.4 Å². The molecule has 4 aromatic rings. The van der Waals surface area contributed by atoms with Crippen LogP contribution in [0.5, 0.6) is 5.75 Å². The predicted molar refractivity (Wildman–Crippen MR) is 120 cm³/mol. The molecule has 0 spiro atoms. The van der Waals surface area contributed by atoms with Gasteiger partial charge in [0.25, 0.3) is 5.91 Å². The zero-order chi connectivity index (χ0) is 23.4. The molecule has 0 atom stereocenters. The van der Waals surface area contributed by atoms with Crippen molar-refractivity contribution in [3.63, 3.8) is 0 Å². The van der Waals surface area contributed by atoms with Crippen LogP contribution >= 0.6 is 11.6 Å². The summed E-state index contributed by atoms with van der Waals surface area (Å²) in [5.41, 5.74) is 2.17. The second-order valence-electron chi connectivity index (χ2n) is 6.91. The summed E-state index contributed by atoms with van der Waals surface area (Å²) in [6.07, 6.45) is 0. The van der Waals surface area contributed by atoms with Crippen LogP contribution in [0.1, 0.15) is 26.4 Å². The van der Waals surface area contributed by atoms with Crippen LogP contribution in [-0.4, -0.2) is 28.5 Å². The normalized spacial score (nSPS) is 10.8. The van der Waals surface area contributed by atoms with E-state index in [4.69, 9.17) is 11.6 Å². The molecule has 6 nitrogen and oxygen atoms in total. The van der Waals surface area contributed by atoms with E-state index >= 15 is 0 Å². The van der Waals surface area contributed by atoms with Crippen molar-refractivity contribution in [2.75, 3.05) is 5.32 Å². The van der Waals surface area contributed by atoms with Crippen molar-refractivity contribution in [1.29, 1.82) is 0 Å². The molecule has 1 heterocycles. The molecule has 1 amide bonds. The van der Waals surface area contributed by atoms with E-state index in [1.807, 2.05) is 0 Å². The van der Waals surface area contributed by atoms with Crippen LogP contribution in [0.4, 0.5) is 14.5 Å². The van der Waals surface area contributed by atoms with Crippen molar-refractivity contribution in [3.05, 3.63) is 101 Å². The van der Waals surface area contributed by atoms with Gasteiger partial charge in [-0.1, -0.05) is 41.9 Å². The molecule has 4 rings (SSSR count). The Morgan fingerprint density at radius 3 is 2.39 bits per heavy atom. The number of nitrogens with zero attached hydrogens (tertiary/aromatic N) is 1. The molecule has 0 bridgehead atoms. The highest BCUT2D eigenvalue weighted by atomic mass is 35.5. The SMILES string of the molecule is O=C(Nc1ccc(Cl)cc1C(=O)c1ccccc1)c1cc(-c2ccc(OC(F)F)cc2)n[nH]1. The zero-order valence-corrected chi connectivity index (χ0v) is 17.6. The summed E-state index contributed by atoms with van der Waals surface area (Å²) < 4.78 is 28.9. The van der Waals surface area contributed by atoms with Gasteiger partial charge in [-0.3, -0.25) is 14.7 Å². The standard InChI is InChI=1S/C24H16ClF2N3O3/c25-16-8-11-19(18(12-16)22(31)15-4-2-1-3-5-15)28-23(32)21-13-20(29-30-21)14-6-9-17(10-7-14)33-24(26)27/h1-13,24H,(H,28,32)(H,29,30). The number of nitrogens with one attached hydrogen (secondary N) is 2. The third-order valence-electron chi connectivity index (χ3n) is 4.71. The summed E-state index contributed by atoms with van der Waals surface area (Å²) in [5.74, 6) is -0.791. The van der Waals surface area contributed by atoms with Gasteiger partial charge in [-0.2, -0.15) is 13.9 Å². The lowest BCUT2D eigenvalue weighted by molar-refractivity contribution is -0.0498. The Morgan fingerprint density at radius 2 is 1.70 bits per heavy atom. The van der Waals surface area contributed by atoms with Gasteiger partial charge >= 0.3 is 6.61 Å². The molecular weight excluding hydrogens is 452 g/mol. The van der Waals surface area contributed by atoms with Crippen molar-refractivity contribution in [2.24, 2.45) is 0 Å². The van der Waals surface area contributed by atoms with Gasteiger partial charge in [0.15, 0.2) is 5.78 Å². The summed E-state index contributed by atoms with van der Waals surface area (Å²) >= 11 is 6.08. The number of H-pyrrole nitrogens is 1. The average molecular weight is 468 g/mol. The van der Waals surface area contributed by atoms with Gasteiger partial charge in [-0.05, 0) is 48.5 Å². The van der Waals surface area contributed by atoms with Crippen LogP contribution in [0, 0.1) is 0 Å². The van der Waals surface area contributed by atoms with Crippen LogP contribution in [0.3, 0.4) is 0 Å². The Hall–Kier alpha value is -4.04. The molecule has 2 N–H and O–H groups in total. The van der Waals surface area contributed by atoms with Gasteiger partial charge < -0.3 is 10.1 Å². The van der Waals surface area contributed by atoms with Gasteiger partial charge in [-0.15, -0.1) is 0 Å². The second kappa shape index (κ2) is 9.62. The van der Waals surface area contributed by atoms with Crippen LogP contribution in [0.2, 0.25) is 5.02 Å². The Balaban J connectivity index is 1.54. The lowest BCUT2D eigenvalue weighted by atomic mass is 10.0. The number of amides is 1. The number of carbonyl (C=O) groups is 2. The minimum Gasteiger partial charge on any atom is -0.435 e.